The van der Waals surface area contributed by atoms with Crippen LogP contribution in [0.2, 0.25) is 0 Å². The molecule has 0 spiro atoms. The van der Waals surface area contributed by atoms with Gasteiger partial charge in [-0.25, -0.2) is 0 Å². The van der Waals surface area contributed by atoms with E-state index >= 15 is 0 Å². The van der Waals surface area contributed by atoms with Gasteiger partial charge >= 0.3 is 0 Å². The quantitative estimate of drug-likeness (QED) is 0.427. The van der Waals surface area contributed by atoms with E-state index in [1.807, 2.05) is 0 Å². The van der Waals surface area contributed by atoms with E-state index in [0.29, 0.717) is 5.92 Å². The van der Waals surface area contributed by atoms with E-state index in [4.69, 9.17) is 0 Å². The SMILES string of the molecule is CCCCCCC(CCCC)C1CC(CF)C1. The van der Waals surface area contributed by atoms with Crippen molar-refractivity contribution in [1.82, 2.24) is 0 Å². The van der Waals surface area contributed by atoms with E-state index in [-0.39, 0.29) is 6.67 Å². The number of hydrogen-bond donors (Lipinski definition) is 0. The second-order valence-corrected chi connectivity index (χ2v) is 6.00. The monoisotopic (exact) mass is 242 g/mol. The van der Waals surface area contributed by atoms with Gasteiger partial charge in [0.1, 0.15) is 0 Å². The van der Waals surface area contributed by atoms with Crippen LogP contribution in [0, 0.1) is 17.8 Å². The van der Waals surface area contributed by atoms with Crippen LogP contribution in [0.15, 0.2) is 0 Å². The lowest BCUT2D eigenvalue weighted by atomic mass is 9.66. The largest absolute Gasteiger partial charge is 0.251 e. The number of alkyl halides is 1. The highest BCUT2D eigenvalue weighted by Gasteiger charge is 2.34. The maximum absolute atomic E-state index is 12.5. The van der Waals surface area contributed by atoms with Crippen LogP contribution < -0.4 is 0 Å². The Hall–Kier alpha value is -0.0700. The third-order valence-electron chi connectivity index (χ3n) is 4.51. The second kappa shape index (κ2) is 8.94. The summed E-state index contributed by atoms with van der Waals surface area (Å²) in [4.78, 5) is 0. The van der Waals surface area contributed by atoms with Gasteiger partial charge in [0.2, 0.25) is 0 Å². The number of rotatable bonds is 10. The summed E-state index contributed by atoms with van der Waals surface area (Å²) in [5, 5.41) is 0. The highest BCUT2D eigenvalue weighted by Crippen LogP contribution is 2.42. The molecule has 0 heterocycles. The Morgan fingerprint density at radius 2 is 1.59 bits per heavy atom. The Bertz CT molecular complexity index is 172. The summed E-state index contributed by atoms with van der Waals surface area (Å²) in [7, 11) is 0. The summed E-state index contributed by atoms with van der Waals surface area (Å²) in [6.07, 6.45) is 13.4. The standard InChI is InChI=1S/C16H31F/c1-3-5-7-8-10-15(9-6-4-2)16-11-14(12-16)13-17/h14-16H,3-13H2,1-2H3. The molecule has 1 atom stereocenters. The molecule has 0 aromatic heterocycles. The summed E-state index contributed by atoms with van der Waals surface area (Å²) in [6.45, 7) is 4.47. The first-order chi connectivity index (χ1) is 8.31. The second-order valence-electron chi connectivity index (χ2n) is 6.00. The zero-order valence-electron chi connectivity index (χ0n) is 11.9. The van der Waals surface area contributed by atoms with Crippen LogP contribution >= 0.6 is 0 Å². The van der Waals surface area contributed by atoms with Crippen LogP contribution in [0.4, 0.5) is 4.39 Å². The topological polar surface area (TPSA) is 0 Å². The summed E-state index contributed by atoms with van der Waals surface area (Å²) in [5.74, 6) is 2.19. The smallest absolute Gasteiger partial charge is 0.0922 e. The van der Waals surface area contributed by atoms with E-state index in [9.17, 15) is 4.39 Å². The van der Waals surface area contributed by atoms with Crippen molar-refractivity contribution >= 4 is 0 Å². The number of hydrogen-bond acceptors (Lipinski definition) is 0. The predicted octanol–water partition coefficient (Wildman–Crippen LogP) is 5.76. The normalized spacial score (nSPS) is 25.6. The lowest BCUT2D eigenvalue weighted by molar-refractivity contribution is 0.0886. The molecule has 1 saturated carbocycles. The molecule has 0 radical (unpaired) electrons. The van der Waals surface area contributed by atoms with Gasteiger partial charge in [-0.1, -0.05) is 65.2 Å². The van der Waals surface area contributed by atoms with Crippen LogP contribution in [-0.4, -0.2) is 6.67 Å². The van der Waals surface area contributed by atoms with E-state index in [0.717, 1.165) is 11.8 Å². The van der Waals surface area contributed by atoms with Gasteiger partial charge in [0.05, 0.1) is 6.67 Å². The fourth-order valence-corrected chi connectivity index (χ4v) is 3.21. The van der Waals surface area contributed by atoms with Gasteiger partial charge < -0.3 is 0 Å². The molecule has 1 fully saturated rings. The van der Waals surface area contributed by atoms with Crippen molar-refractivity contribution in [1.29, 1.82) is 0 Å². The molecule has 0 nitrogen and oxygen atoms in total. The molecule has 1 aliphatic carbocycles. The van der Waals surface area contributed by atoms with Gasteiger partial charge in [0.25, 0.3) is 0 Å². The van der Waals surface area contributed by atoms with Gasteiger partial charge in [-0.05, 0) is 30.6 Å². The predicted molar refractivity (Wildman–Crippen MR) is 74.0 cm³/mol. The maximum atomic E-state index is 12.5. The van der Waals surface area contributed by atoms with Crippen molar-refractivity contribution < 1.29 is 4.39 Å². The molecule has 1 heteroatoms. The molecule has 1 rings (SSSR count). The molecule has 0 saturated heterocycles. The molecule has 0 N–H and O–H groups in total. The molecule has 102 valence electrons. The summed E-state index contributed by atoms with van der Waals surface area (Å²) in [6, 6.07) is 0. The first kappa shape index (κ1) is 15.0. The first-order valence-electron chi connectivity index (χ1n) is 7.87. The van der Waals surface area contributed by atoms with Crippen molar-refractivity contribution in [2.45, 2.75) is 78.1 Å². The van der Waals surface area contributed by atoms with E-state index in [1.54, 1.807) is 0 Å². The molecule has 1 unspecified atom stereocenters. The van der Waals surface area contributed by atoms with E-state index in [1.165, 1.54) is 64.2 Å². The first-order valence-corrected chi connectivity index (χ1v) is 7.87. The van der Waals surface area contributed by atoms with Gasteiger partial charge in [-0.15, -0.1) is 0 Å². The molecule has 0 bridgehead atoms. The molecular formula is C16H31F. The minimum absolute atomic E-state index is 0.0766. The van der Waals surface area contributed by atoms with Crippen molar-refractivity contribution in [2.24, 2.45) is 17.8 Å². The van der Waals surface area contributed by atoms with Crippen molar-refractivity contribution in [3.63, 3.8) is 0 Å². The lowest BCUT2D eigenvalue weighted by Gasteiger charge is -2.39. The Balaban J connectivity index is 2.18. The zero-order chi connectivity index (χ0) is 12.5. The highest BCUT2D eigenvalue weighted by atomic mass is 19.1. The highest BCUT2D eigenvalue weighted by molar-refractivity contribution is 4.84. The lowest BCUT2D eigenvalue weighted by Crippen LogP contribution is -2.31. The van der Waals surface area contributed by atoms with E-state index < -0.39 is 0 Å². The number of unbranched alkanes of at least 4 members (excludes halogenated alkanes) is 4. The zero-order valence-corrected chi connectivity index (χ0v) is 11.9. The maximum Gasteiger partial charge on any atom is 0.0922 e. The van der Waals surface area contributed by atoms with Gasteiger partial charge in [0.15, 0.2) is 0 Å². The fraction of sp³-hybridized carbons (Fsp3) is 1.00. The van der Waals surface area contributed by atoms with Crippen LogP contribution in [0.1, 0.15) is 78.1 Å². The van der Waals surface area contributed by atoms with Gasteiger partial charge in [-0.3, -0.25) is 4.39 Å². The van der Waals surface area contributed by atoms with E-state index in [2.05, 4.69) is 13.8 Å². The van der Waals surface area contributed by atoms with Crippen LogP contribution in [0.5, 0.6) is 0 Å². The number of halogens is 1. The fourth-order valence-electron chi connectivity index (χ4n) is 3.21. The molecule has 0 aromatic carbocycles. The van der Waals surface area contributed by atoms with Crippen LogP contribution in [-0.2, 0) is 0 Å². The third-order valence-corrected chi connectivity index (χ3v) is 4.51. The Morgan fingerprint density at radius 1 is 0.941 bits per heavy atom. The molecule has 17 heavy (non-hydrogen) atoms. The minimum atomic E-state index is -0.0766. The van der Waals surface area contributed by atoms with Gasteiger partial charge in [0, 0.05) is 0 Å². The van der Waals surface area contributed by atoms with Crippen molar-refractivity contribution in [2.75, 3.05) is 6.67 Å². The van der Waals surface area contributed by atoms with Crippen molar-refractivity contribution in [3.8, 4) is 0 Å². The Kier molecular flexibility index (Phi) is 7.88. The van der Waals surface area contributed by atoms with Gasteiger partial charge in [-0.2, -0.15) is 0 Å². The molecule has 0 aliphatic heterocycles. The Labute approximate surface area is 107 Å². The van der Waals surface area contributed by atoms with Crippen LogP contribution in [0.25, 0.3) is 0 Å². The van der Waals surface area contributed by atoms with Crippen molar-refractivity contribution in [3.05, 3.63) is 0 Å². The minimum Gasteiger partial charge on any atom is -0.251 e. The van der Waals surface area contributed by atoms with Crippen LogP contribution in [0.3, 0.4) is 0 Å². The average molecular weight is 242 g/mol. The molecule has 0 aromatic rings. The summed E-state index contributed by atoms with van der Waals surface area (Å²) < 4.78 is 12.5. The summed E-state index contributed by atoms with van der Waals surface area (Å²) >= 11 is 0. The Morgan fingerprint density at radius 3 is 2.18 bits per heavy atom. The molecular weight excluding hydrogens is 211 g/mol. The molecule has 0 amide bonds. The third kappa shape index (κ3) is 5.40. The summed E-state index contributed by atoms with van der Waals surface area (Å²) in [5.41, 5.74) is 0. The average Bonchev–Trinajstić information content (AvgIpc) is 2.29. The molecule has 1 aliphatic rings.